The van der Waals surface area contributed by atoms with Crippen LogP contribution in [0.15, 0.2) is 46.4 Å². The second kappa shape index (κ2) is 6.91. The van der Waals surface area contributed by atoms with E-state index in [1.807, 2.05) is 30.3 Å². The van der Waals surface area contributed by atoms with E-state index in [1.165, 1.54) is 0 Å². The number of nitriles is 1. The largest absolute Gasteiger partial charge is 0.490 e. The fourth-order valence-corrected chi connectivity index (χ4v) is 1.55. The van der Waals surface area contributed by atoms with Crippen molar-refractivity contribution in [2.75, 3.05) is 12.0 Å². The summed E-state index contributed by atoms with van der Waals surface area (Å²) in [4.78, 5) is 3.91. The highest BCUT2D eigenvalue weighted by molar-refractivity contribution is 5.80. The first-order valence-electron chi connectivity index (χ1n) is 6.23. The number of hydrogen-bond acceptors (Lipinski definition) is 6. The molecule has 21 heavy (non-hydrogen) atoms. The number of oxazole rings is 1. The molecule has 1 heterocycles. The topological polar surface area (TPSA) is 83.4 Å². The number of ether oxygens (including phenoxy) is 1. The van der Waals surface area contributed by atoms with Gasteiger partial charge in [-0.05, 0) is 29.8 Å². The van der Waals surface area contributed by atoms with Crippen molar-refractivity contribution in [3.8, 4) is 11.8 Å². The molecule has 0 spiro atoms. The summed E-state index contributed by atoms with van der Waals surface area (Å²) in [6, 6.07) is 9.32. The lowest BCUT2D eigenvalue weighted by molar-refractivity contribution is 0.363. The van der Waals surface area contributed by atoms with Crippen LogP contribution in [0.5, 0.6) is 5.75 Å². The number of rotatable bonds is 6. The van der Waals surface area contributed by atoms with Crippen LogP contribution in [0, 0.1) is 18.3 Å². The first-order valence-corrected chi connectivity index (χ1v) is 6.23. The molecule has 6 nitrogen and oxygen atoms in total. The standard InChI is InChI=1S/C15H14N4O2/c1-3-8-20-13-6-4-12(5-7-13)10-17-19-15-14(9-16)18-11(2)21-15/h3-7,10,19H,1,8H2,2H3/b17-10+. The lowest BCUT2D eigenvalue weighted by atomic mass is 10.2. The summed E-state index contributed by atoms with van der Waals surface area (Å²) in [5, 5.41) is 12.9. The summed E-state index contributed by atoms with van der Waals surface area (Å²) in [5.41, 5.74) is 3.71. The van der Waals surface area contributed by atoms with Crippen molar-refractivity contribution in [2.45, 2.75) is 6.92 Å². The smallest absolute Gasteiger partial charge is 0.252 e. The fraction of sp³-hybridized carbons (Fsp3) is 0.133. The van der Waals surface area contributed by atoms with Crippen LogP contribution in [-0.4, -0.2) is 17.8 Å². The molecular weight excluding hydrogens is 268 g/mol. The molecule has 0 radical (unpaired) electrons. The van der Waals surface area contributed by atoms with Crippen LogP contribution >= 0.6 is 0 Å². The number of nitrogens with zero attached hydrogens (tertiary/aromatic N) is 3. The highest BCUT2D eigenvalue weighted by atomic mass is 16.5. The van der Waals surface area contributed by atoms with Gasteiger partial charge in [-0.2, -0.15) is 10.4 Å². The molecule has 0 aliphatic carbocycles. The third-order valence-electron chi connectivity index (χ3n) is 2.47. The van der Waals surface area contributed by atoms with E-state index in [2.05, 4.69) is 22.1 Å². The Labute approximate surface area is 122 Å². The van der Waals surface area contributed by atoms with Gasteiger partial charge in [-0.1, -0.05) is 12.7 Å². The molecule has 0 aliphatic rings. The third kappa shape index (κ3) is 3.94. The van der Waals surface area contributed by atoms with E-state index in [1.54, 1.807) is 19.2 Å². The Morgan fingerprint density at radius 1 is 1.48 bits per heavy atom. The predicted octanol–water partition coefficient (Wildman–Crippen LogP) is 2.87. The van der Waals surface area contributed by atoms with Crippen LogP contribution in [0.2, 0.25) is 0 Å². The minimum Gasteiger partial charge on any atom is -0.490 e. The molecule has 0 aliphatic heterocycles. The first kappa shape index (κ1) is 14.3. The quantitative estimate of drug-likeness (QED) is 0.500. The molecule has 0 fully saturated rings. The van der Waals surface area contributed by atoms with Gasteiger partial charge in [0.2, 0.25) is 5.69 Å². The van der Waals surface area contributed by atoms with Gasteiger partial charge in [-0.3, -0.25) is 0 Å². The van der Waals surface area contributed by atoms with Crippen molar-refractivity contribution in [1.82, 2.24) is 4.98 Å². The maximum atomic E-state index is 8.86. The summed E-state index contributed by atoms with van der Waals surface area (Å²) in [6.45, 7) is 5.72. The lowest BCUT2D eigenvalue weighted by Gasteiger charge is -2.02. The normalized spacial score (nSPS) is 10.3. The number of aromatic nitrogens is 1. The van der Waals surface area contributed by atoms with Gasteiger partial charge >= 0.3 is 0 Å². The highest BCUT2D eigenvalue weighted by Crippen LogP contribution is 2.15. The number of nitrogens with one attached hydrogen (secondary N) is 1. The van der Waals surface area contributed by atoms with E-state index in [0.29, 0.717) is 12.5 Å². The molecule has 6 heteroatoms. The molecule has 0 amide bonds. The van der Waals surface area contributed by atoms with E-state index in [-0.39, 0.29) is 11.6 Å². The monoisotopic (exact) mass is 282 g/mol. The molecule has 1 N–H and O–H groups in total. The number of hydrazone groups is 1. The fourth-order valence-electron chi connectivity index (χ4n) is 1.55. The van der Waals surface area contributed by atoms with Gasteiger partial charge in [0.15, 0.2) is 5.89 Å². The Morgan fingerprint density at radius 3 is 2.90 bits per heavy atom. The van der Waals surface area contributed by atoms with Crippen LogP contribution in [0.1, 0.15) is 17.1 Å². The molecule has 2 aromatic rings. The van der Waals surface area contributed by atoms with Crippen molar-refractivity contribution in [1.29, 1.82) is 5.26 Å². The first-order chi connectivity index (χ1) is 10.2. The van der Waals surface area contributed by atoms with E-state index in [4.69, 9.17) is 14.4 Å². The average Bonchev–Trinajstić information content (AvgIpc) is 2.86. The maximum Gasteiger partial charge on any atom is 0.252 e. The van der Waals surface area contributed by atoms with Crippen molar-refractivity contribution in [3.63, 3.8) is 0 Å². The molecule has 0 saturated heterocycles. The summed E-state index contributed by atoms with van der Waals surface area (Å²) in [5.74, 6) is 1.41. The Balaban J connectivity index is 1.98. The lowest BCUT2D eigenvalue weighted by Crippen LogP contribution is -1.94. The summed E-state index contributed by atoms with van der Waals surface area (Å²) in [7, 11) is 0. The molecule has 1 aromatic heterocycles. The van der Waals surface area contributed by atoms with Crippen molar-refractivity contribution >= 4 is 12.1 Å². The van der Waals surface area contributed by atoms with Crippen LogP contribution in [0.3, 0.4) is 0 Å². The van der Waals surface area contributed by atoms with E-state index in [0.717, 1.165) is 11.3 Å². The predicted molar refractivity (Wildman–Crippen MR) is 79.3 cm³/mol. The van der Waals surface area contributed by atoms with Gasteiger partial charge in [0, 0.05) is 6.92 Å². The van der Waals surface area contributed by atoms with Crippen molar-refractivity contribution in [3.05, 3.63) is 54.1 Å². The SMILES string of the molecule is C=CCOc1ccc(/C=N/Nc2oc(C)nc2C#N)cc1. The third-order valence-corrected chi connectivity index (χ3v) is 2.47. The zero-order chi connectivity index (χ0) is 15.1. The van der Waals surface area contributed by atoms with Crippen LogP contribution in [0.4, 0.5) is 5.88 Å². The van der Waals surface area contributed by atoms with Gasteiger partial charge in [-0.25, -0.2) is 10.4 Å². The van der Waals surface area contributed by atoms with Crippen LogP contribution in [-0.2, 0) is 0 Å². The summed E-state index contributed by atoms with van der Waals surface area (Å²) < 4.78 is 10.6. The summed E-state index contributed by atoms with van der Waals surface area (Å²) >= 11 is 0. The highest BCUT2D eigenvalue weighted by Gasteiger charge is 2.08. The molecule has 0 bridgehead atoms. The molecule has 0 unspecified atom stereocenters. The second-order valence-electron chi connectivity index (χ2n) is 4.06. The Morgan fingerprint density at radius 2 is 2.24 bits per heavy atom. The number of aryl methyl sites for hydroxylation is 1. The number of benzene rings is 1. The van der Waals surface area contributed by atoms with E-state index < -0.39 is 0 Å². The number of anilines is 1. The molecule has 2 rings (SSSR count). The zero-order valence-electron chi connectivity index (χ0n) is 11.5. The van der Waals surface area contributed by atoms with Gasteiger partial charge in [0.25, 0.3) is 5.88 Å². The van der Waals surface area contributed by atoms with E-state index >= 15 is 0 Å². The van der Waals surface area contributed by atoms with Gasteiger partial charge in [0.1, 0.15) is 18.4 Å². The van der Waals surface area contributed by atoms with Gasteiger partial charge in [-0.15, -0.1) is 0 Å². The molecule has 106 valence electrons. The maximum absolute atomic E-state index is 8.86. The average molecular weight is 282 g/mol. The molecule has 0 saturated carbocycles. The Kier molecular flexibility index (Phi) is 4.72. The Bertz CT molecular complexity index is 681. The second-order valence-corrected chi connectivity index (χ2v) is 4.06. The van der Waals surface area contributed by atoms with Crippen LogP contribution in [0.25, 0.3) is 0 Å². The molecule has 0 atom stereocenters. The Hall–Kier alpha value is -3.07. The van der Waals surface area contributed by atoms with E-state index in [9.17, 15) is 0 Å². The van der Waals surface area contributed by atoms with Crippen molar-refractivity contribution < 1.29 is 9.15 Å². The minimum atomic E-state index is 0.179. The molecular formula is C15H14N4O2. The van der Waals surface area contributed by atoms with Gasteiger partial charge in [0.05, 0.1) is 6.21 Å². The number of hydrogen-bond donors (Lipinski definition) is 1. The molecule has 1 aromatic carbocycles. The zero-order valence-corrected chi connectivity index (χ0v) is 11.5. The van der Waals surface area contributed by atoms with Crippen LogP contribution < -0.4 is 10.2 Å². The van der Waals surface area contributed by atoms with Crippen molar-refractivity contribution in [2.24, 2.45) is 5.10 Å². The van der Waals surface area contributed by atoms with Gasteiger partial charge < -0.3 is 9.15 Å². The summed E-state index contributed by atoms with van der Waals surface area (Å²) in [6.07, 6.45) is 3.29. The minimum absolute atomic E-state index is 0.179.